The molecule has 0 N–H and O–H groups in total. The average molecular weight is 186 g/mol. The van der Waals surface area contributed by atoms with Crippen molar-refractivity contribution in [3.63, 3.8) is 0 Å². The molecule has 1 fully saturated rings. The van der Waals surface area contributed by atoms with Gasteiger partial charge in [0, 0.05) is 19.3 Å². The summed E-state index contributed by atoms with van der Waals surface area (Å²) in [6.45, 7) is 5.53. The fourth-order valence-electron chi connectivity index (χ4n) is 2.25. The summed E-state index contributed by atoms with van der Waals surface area (Å²) in [6, 6.07) is 0. The van der Waals surface area contributed by atoms with Crippen molar-refractivity contribution in [1.82, 2.24) is 0 Å². The summed E-state index contributed by atoms with van der Waals surface area (Å²) >= 11 is 0. The van der Waals surface area contributed by atoms with Gasteiger partial charge in [0.25, 0.3) is 0 Å². The van der Waals surface area contributed by atoms with E-state index >= 15 is 0 Å². The first-order chi connectivity index (χ1) is 5.91. The van der Waals surface area contributed by atoms with Crippen LogP contribution in [0.5, 0.6) is 0 Å². The van der Waals surface area contributed by atoms with E-state index in [0.29, 0.717) is 0 Å². The van der Waals surface area contributed by atoms with Crippen molar-refractivity contribution in [3.05, 3.63) is 0 Å². The summed E-state index contributed by atoms with van der Waals surface area (Å²) in [5.41, 5.74) is 0. The van der Waals surface area contributed by atoms with Crippen LogP contribution in [0.4, 0.5) is 0 Å². The summed E-state index contributed by atoms with van der Waals surface area (Å²) in [5.74, 6) is 0. The predicted molar refractivity (Wildman–Crippen MR) is 57.5 cm³/mol. The maximum atomic E-state index is 2.42. The SMILES string of the molecule is C[N+](C)(C)CCC[N+]1(C)CCCC1. The molecule has 2 heteroatoms. The minimum atomic E-state index is 1.11. The van der Waals surface area contributed by atoms with Crippen LogP contribution in [0.1, 0.15) is 19.3 Å². The van der Waals surface area contributed by atoms with Crippen molar-refractivity contribution < 1.29 is 8.97 Å². The van der Waals surface area contributed by atoms with Gasteiger partial charge in [0.1, 0.15) is 0 Å². The highest BCUT2D eigenvalue weighted by molar-refractivity contribution is 4.51. The monoisotopic (exact) mass is 186 g/mol. The minimum absolute atomic E-state index is 1.11. The first-order valence-electron chi connectivity index (χ1n) is 5.55. The third-order valence-corrected chi connectivity index (χ3v) is 3.17. The molecular weight excluding hydrogens is 160 g/mol. The molecule has 0 saturated carbocycles. The van der Waals surface area contributed by atoms with E-state index in [4.69, 9.17) is 0 Å². The normalized spacial score (nSPS) is 22.2. The highest BCUT2D eigenvalue weighted by Crippen LogP contribution is 2.16. The van der Waals surface area contributed by atoms with Gasteiger partial charge in [-0.1, -0.05) is 0 Å². The van der Waals surface area contributed by atoms with E-state index in [2.05, 4.69) is 28.2 Å². The van der Waals surface area contributed by atoms with Crippen molar-refractivity contribution >= 4 is 0 Å². The molecule has 1 aliphatic heterocycles. The molecule has 0 amide bonds. The summed E-state index contributed by atoms with van der Waals surface area (Å²) in [4.78, 5) is 0. The molecule has 1 rings (SSSR count). The summed E-state index contributed by atoms with van der Waals surface area (Å²) in [5, 5.41) is 0. The predicted octanol–water partition coefficient (Wildman–Crippen LogP) is 1.32. The van der Waals surface area contributed by atoms with E-state index in [1.165, 1.54) is 49.9 Å². The molecule has 1 aliphatic rings. The van der Waals surface area contributed by atoms with E-state index in [1.54, 1.807) is 0 Å². The second-order valence-corrected chi connectivity index (χ2v) is 5.86. The smallest absolute Gasteiger partial charge is 0.0838 e. The molecular formula is C11H26N2+2. The van der Waals surface area contributed by atoms with Crippen molar-refractivity contribution in [3.8, 4) is 0 Å². The molecule has 0 aromatic rings. The lowest BCUT2D eigenvalue weighted by molar-refractivity contribution is -0.907. The maximum Gasteiger partial charge on any atom is 0.0838 e. The zero-order valence-corrected chi connectivity index (χ0v) is 9.84. The first kappa shape index (κ1) is 11.0. The van der Waals surface area contributed by atoms with Gasteiger partial charge in [-0.3, -0.25) is 0 Å². The summed E-state index contributed by atoms with van der Waals surface area (Å²) in [6.07, 6.45) is 4.27. The molecule has 0 aromatic carbocycles. The fraction of sp³-hybridized carbons (Fsp3) is 1.00. The molecule has 0 unspecified atom stereocenters. The van der Waals surface area contributed by atoms with Crippen LogP contribution in [0.15, 0.2) is 0 Å². The Balaban J connectivity index is 2.18. The second kappa shape index (κ2) is 3.97. The number of rotatable bonds is 4. The van der Waals surface area contributed by atoms with Gasteiger partial charge in [0.15, 0.2) is 0 Å². The number of quaternary nitrogens is 2. The van der Waals surface area contributed by atoms with Gasteiger partial charge < -0.3 is 8.97 Å². The van der Waals surface area contributed by atoms with Gasteiger partial charge in [-0.05, 0) is 0 Å². The van der Waals surface area contributed by atoms with E-state index in [0.717, 1.165) is 4.48 Å². The molecule has 1 heterocycles. The van der Waals surface area contributed by atoms with Crippen molar-refractivity contribution in [2.45, 2.75) is 19.3 Å². The number of hydrogen-bond donors (Lipinski definition) is 0. The molecule has 0 aliphatic carbocycles. The third kappa shape index (κ3) is 4.10. The van der Waals surface area contributed by atoms with Crippen LogP contribution in [0.2, 0.25) is 0 Å². The second-order valence-electron chi connectivity index (χ2n) is 5.86. The fourth-order valence-corrected chi connectivity index (χ4v) is 2.25. The molecule has 2 nitrogen and oxygen atoms in total. The van der Waals surface area contributed by atoms with E-state index in [-0.39, 0.29) is 0 Å². The van der Waals surface area contributed by atoms with Crippen LogP contribution in [-0.2, 0) is 0 Å². The van der Waals surface area contributed by atoms with Gasteiger partial charge in [-0.2, -0.15) is 0 Å². The third-order valence-electron chi connectivity index (χ3n) is 3.17. The zero-order valence-electron chi connectivity index (χ0n) is 9.84. The number of hydrogen-bond acceptors (Lipinski definition) is 0. The van der Waals surface area contributed by atoms with Crippen molar-refractivity contribution in [1.29, 1.82) is 0 Å². The maximum absolute atomic E-state index is 2.42. The molecule has 78 valence electrons. The minimum Gasteiger partial charge on any atom is -0.331 e. The molecule has 0 radical (unpaired) electrons. The Hall–Kier alpha value is -0.0800. The molecule has 13 heavy (non-hydrogen) atoms. The van der Waals surface area contributed by atoms with E-state index in [1.807, 2.05) is 0 Å². The Labute approximate surface area is 83.3 Å². The molecule has 1 saturated heterocycles. The van der Waals surface area contributed by atoms with Gasteiger partial charge in [-0.25, -0.2) is 0 Å². The highest BCUT2D eigenvalue weighted by Gasteiger charge is 2.26. The molecule has 0 bridgehead atoms. The van der Waals surface area contributed by atoms with E-state index < -0.39 is 0 Å². The van der Waals surface area contributed by atoms with Gasteiger partial charge in [-0.15, -0.1) is 0 Å². The van der Waals surface area contributed by atoms with Crippen LogP contribution in [-0.4, -0.2) is 63.3 Å². The zero-order chi connectivity index (χ0) is 9.95. The summed E-state index contributed by atoms with van der Waals surface area (Å²) in [7, 11) is 9.26. The first-order valence-corrected chi connectivity index (χ1v) is 5.55. The lowest BCUT2D eigenvalue weighted by Crippen LogP contribution is -2.44. The van der Waals surface area contributed by atoms with Crippen LogP contribution in [0, 0.1) is 0 Å². The van der Waals surface area contributed by atoms with Gasteiger partial charge >= 0.3 is 0 Å². The molecule has 0 atom stereocenters. The molecule has 0 spiro atoms. The quantitative estimate of drug-likeness (QED) is 0.581. The Bertz CT molecular complexity index is 152. The van der Waals surface area contributed by atoms with Crippen LogP contribution >= 0.6 is 0 Å². The average Bonchev–Trinajstić information content (AvgIpc) is 2.33. The van der Waals surface area contributed by atoms with Crippen LogP contribution < -0.4 is 0 Å². The Kier molecular flexibility index (Phi) is 3.36. The topological polar surface area (TPSA) is 0 Å². The highest BCUT2D eigenvalue weighted by atomic mass is 15.3. The van der Waals surface area contributed by atoms with Crippen LogP contribution in [0.25, 0.3) is 0 Å². The number of likely N-dealkylation sites (tertiary alicyclic amines) is 1. The standard InChI is InChI=1S/C11H26N2/c1-12(2,3)8-7-11-13(4)9-5-6-10-13/h5-11H2,1-4H3/q+2. The Morgan fingerprint density at radius 1 is 1.08 bits per heavy atom. The lowest BCUT2D eigenvalue weighted by atomic mass is 10.3. The Morgan fingerprint density at radius 2 is 1.62 bits per heavy atom. The largest absolute Gasteiger partial charge is 0.331 e. The Morgan fingerprint density at radius 3 is 2.08 bits per heavy atom. The summed E-state index contributed by atoms with van der Waals surface area (Å²) < 4.78 is 2.44. The van der Waals surface area contributed by atoms with Crippen molar-refractivity contribution in [2.75, 3.05) is 54.4 Å². The lowest BCUT2D eigenvalue weighted by Gasteiger charge is -2.31. The van der Waals surface area contributed by atoms with Gasteiger partial charge in [0.2, 0.25) is 0 Å². The number of nitrogens with zero attached hydrogens (tertiary/aromatic N) is 2. The van der Waals surface area contributed by atoms with Gasteiger partial charge in [0.05, 0.1) is 54.4 Å². The molecule has 0 aromatic heterocycles. The van der Waals surface area contributed by atoms with Crippen LogP contribution in [0.3, 0.4) is 0 Å². The van der Waals surface area contributed by atoms with E-state index in [9.17, 15) is 0 Å². The van der Waals surface area contributed by atoms with Crippen molar-refractivity contribution in [2.24, 2.45) is 0 Å².